The third kappa shape index (κ3) is 4.48. The Balaban J connectivity index is 2.17. The second-order valence-corrected chi connectivity index (χ2v) is 5.20. The molecule has 26 heavy (non-hydrogen) atoms. The van der Waals surface area contributed by atoms with Crippen molar-refractivity contribution < 1.29 is 18.7 Å². The van der Waals surface area contributed by atoms with Gasteiger partial charge in [-0.15, -0.1) is 0 Å². The molecule has 0 bridgehead atoms. The Labute approximate surface area is 147 Å². The first-order valence-corrected chi connectivity index (χ1v) is 7.32. The van der Waals surface area contributed by atoms with E-state index in [1.165, 1.54) is 18.2 Å². The highest BCUT2D eigenvalue weighted by atomic mass is 19.1. The lowest BCUT2D eigenvalue weighted by Crippen LogP contribution is -2.33. The first-order valence-electron chi connectivity index (χ1n) is 7.32. The van der Waals surface area contributed by atoms with Gasteiger partial charge in [0.25, 0.3) is 5.91 Å². The molecule has 1 aromatic carbocycles. The van der Waals surface area contributed by atoms with Crippen LogP contribution < -0.4 is 38.5 Å². The Morgan fingerprint density at radius 1 is 1.23 bits per heavy atom. The first kappa shape index (κ1) is 18.7. The third-order valence-corrected chi connectivity index (χ3v) is 3.29. The molecule has 2 rings (SSSR count). The van der Waals surface area contributed by atoms with Crippen molar-refractivity contribution in [3.63, 3.8) is 0 Å². The minimum absolute atomic E-state index is 0.0915. The van der Waals surface area contributed by atoms with Gasteiger partial charge in [-0.25, -0.2) is 15.2 Å². The largest absolute Gasteiger partial charge is 0.486 e. The molecule has 0 fully saturated rings. The van der Waals surface area contributed by atoms with Gasteiger partial charge in [-0.05, 0) is 18.2 Å². The predicted octanol–water partition coefficient (Wildman–Crippen LogP) is -0.535. The second kappa shape index (κ2) is 7.98. The highest BCUT2D eigenvalue weighted by Crippen LogP contribution is 2.30. The van der Waals surface area contributed by atoms with E-state index >= 15 is 0 Å². The monoisotopic (exact) mass is 363 g/mol. The summed E-state index contributed by atoms with van der Waals surface area (Å²) in [6.45, 7) is -0.565. The van der Waals surface area contributed by atoms with E-state index < -0.39 is 17.6 Å². The Hall–Kier alpha value is -3.60. The second-order valence-electron chi connectivity index (χ2n) is 5.20. The number of nitrogens with two attached hydrogens (primary N) is 4. The van der Waals surface area contributed by atoms with Gasteiger partial charge >= 0.3 is 0 Å². The topological polar surface area (TPSA) is 184 Å². The summed E-state index contributed by atoms with van der Waals surface area (Å²) in [6, 6.07) is 5.02. The van der Waals surface area contributed by atoms with E-state index in [-0.39, 0.29) is 47.4 Å². The summed E-state index contributed by atoms with van der Waals surface area (Å²) < 4.78 is 19.5. The quantitative estimate of drug-likeness (QED) is 0.280. The van der Waals surface area contributed by atoms with Crippen molar-refractivity contribution in [1.29, 1.82) is 0 Å². The van der Waals surface area contributed by atoms with Crippen molar-refractivity contribution in [2.75, 3.05) is 23.4 Å². The number of nitrogens with zero attached hydrogens (tertiary/aromatic N) is 1. The number of carbonyl (C=O) groups excluding carboxylic acids is 2. The Morgan fingerprint density at radius 2 is 1.96 bits per heavy atom. The molecule has 0 saturated heterocycles. The van der Waals surface area contributed by atoms with Crippen molar-refractivity contribution in [2.45, 2.75) is 6.61 Å². The van der Waals surface area contributed by atoms with Crippen molar-refractivity contribution in [3.05, 3.63) is 41.2 Å². The fourth-order valence-electron chi connectivity index (χ4n) is 2.03. The number of pyridine rings is 1. The molecule has 0 atom stereocenters. The maximum Gasteiger partial charge on any atom is 0.251 e. The number of anilines is 3. The molecule has 0 aliphatic rings. The zero-order valence-electron chi connectivity index (χ0n) is 13.6. The van der Waals surface area contributed by atoms with E-state index in [2.05, 4.69) is 15.7 Å². The number of rotatable bonds is 7. The van der Waals surface area contributed by atoms with Crippen LogP contribution in [0.25, 0.3) is 0 Å². The number of amides is 2. The molecule has 2 aromatic rings. The van der Waals surface area contributed by atoms with Crippen molar-refractivity contribution in [3.8, 4) is 5.75 Å². The minimum atomic E-state index is -0.695. The average Bonchev–Trinajstić information content (AvgIpc) is 2.61. The lowest BCUT2D eigenvalue weighted by atomic mass is 10.1. The van der Waals surface area contributed by atoms with Gasteiger partial charge in [0.05, 0.1) is 6.54 Å². The van der Waals surface area contributed by atoms with Crippen LogP contribution in [0.2, 0.25) is 0 Å². The maximum absolute atomic E-state index is 14.0. The summed E-state index contributed by atoms with van der Waals surface area (Å²) in [6.07, 6.45) is 0. The molecule has 10 N–H and O–H groups in total. The lowest BCUT2D eigenvalue weighted by Gasteiger charge is -2.13. The molecular weight excluding hydrogens is 345 g/mol. The molecule has 1 heterocycles. The molecule has 0 aliphatic heterocycles. The molecule has 0 saturated carbocycles. The highest BCUT2D eigenvalue weighted by Gasteiger charge is 2.13. The molecule has 0 unspecified atom stereocenters. The summed E-state index contributed by atoms with van der Waals surface area (Å²) in [5, 5.41) is 2.31. The fourth-order valence-corrected chi connectivity index (χ4v) is 2.03. The summed E-state index contributed by atoms with van der Waals surface area (Å²) in [5.74, 6) is 3.78. The number of nitrogens with one attached hydrogen (secondary N) is 2. The van der Waals surface area contributed by atoms with Gasteiger partial charge < -0.3 is 32.7 Å². The van der Waals surface area contributed by atoms with E-state index in [1.54, 1.807) is 0 Å². The summed E-state index contributed by atoms with van der Waals surface area (Å²) in [4.78, 5) is 26.5. The van der Waals surface area contributed by atoms with E-state index in [0.717, 1.165) is 6.07 Å². The average molecular weight is 363 g/mol. The summed E-state index contributed by atoms with van der Waals surface area (Å²) in [7, 11) is 0. The Bertz CT molecular complexity index is 844. The number of hydrogen-bond donors (Lipinski definition) is 6. The van der Waals surface area contributed by atoms with Crippen LogP contribution >= 0.6 is 0 Å². The number of nitrogen functional groups attached to an aromatic ring is 3. The van der Waals surface area contributed by atoms with E-state index in [1.807, 2.05) is 0 Å². The number of ether oxygens (including phenoxy) is 1. The first-order chi connectivity index (χ1) is 12.3. The van der Waals surface area contributed by atoms with Gasteiger partial charge in [-0.1, -0.05) is 0 Å². The van der Waals surface area contributed by atoms with Gasteiger partial charge in [-0.3, -0.25) is 9.59 Å². The van der Waals surface area contributed by atoms with Crippen LogP contribution in [0.1, 0.15) is 15.9 Å². The van der Waals surface area contributed by atoms with Crippen molar-refractivity contribution >= 4 is 29.1 Å². The number of carbonyl (C=O) groups is 2. The van der Waals surface area contributed by atoms with Gasteiger partial charge in [0, 0.05) is 17.2 Å². The SMILES string of the molecule is NNc1nc(N)cc(OCc2cc(C(=O)NCC(N)=O)ccc2F)c1N. The molecule has 2 amide bonds. The Kier molecular flexibility index (Phi) is 5.75. The molecule has 10 nitrogen and oxygen atoms in total. The number of primary amides is 1. The van der Waals surface area contributed by atoms with Crippen molar-refractivity contribution in [1.82, 2.24) is 10.3 Å². The van der Waals surface area contributed by atoms with Crippen LogP contribution in [0, 0.1) is 5.82 Å². The van der Waals surface area contributed by atoms with E-state index in [4.69, 9.17) is 27.8 Å². The van der Waals surface area contributed by atoms with Crippen LogP contribution in [0.3, 0.4) is 0 Å². The normalized spacial score (nSPS) is 10.2. The smallest absolute Gasteiger partial charge is 0.251 e. The number of hydrogen-bond acceptors (Lipinski definition) is 8. The molecular formula is C15H18FN7O3. The van der Waals surface area contributed by atoms with E-state index in [0.29, 0.717) is 0 Å². The lowest BCUT2D eigenvalue weighted by molar-refractivity contribution is -0.117. The number of hydrazine groups is 1. The predicted molar refractivity (Wildman–Crippen MR) is 93.1 cm³/mol. The van der Waals surface area contributed by atoms with Crippen LogP contribution in [-0.2, 0) is 11.4 Å². The number of benzene rings is 1. The van der Waals surface area contributed by atoms with Crippen LogP contribution in [-0.4, -0.2) is 23.3 Å². The van der Waals surface area contributed by atoms with Gasteiger partial charge in [0.15, 0.2) is 5.82 Å². The van der Waals surface area contributed by atoms with Crippen LogP contribution in [0.5, 0.6) is 5.75 Å². The molecule has 1 aromatic heterocycles. The zero-order valence-corrected chi connectivity index (χ0v) is 13.6. The number of halogens is 1. The molecule has 0 spiro atoms. The fraction of sp³-hybridized carbons (Fsp3) is 0.133. The highest BCUT2D eigenvalue weighted by molar-refractivity contribution is 5.96. The van der Waals surface area contributed by atoms with Gasteiger partial charge in [0.1, 0.15) is 29.7 Å². The maximum atomic E-state index is 14.0. The molecule has 0 aliphatic carbocycles. The Morgan fingerprint density at radius 3 is 2.62 bits per heavy atom. The van der Waals surface area contributed by atoms with Gasteiger partial charge in [-0.2, -0.15) is 0 Å². The minimum Gasteiger partial charge on any atom is -0.486 e. The molecule has 11 heteroatoms. The molecule has 138 valence electrons. The number of aromatic nitrogens is 1. The zero-order chi connectivity index (χ0) is 19.3. The summed E-state index contributed by atoms with van der Waals surface area (Å²) >= 11 is 0. The molecule has 0 radical (unpaired) electrons. The van der Waals surface area contributed by atoms with Crippen molar-refractivity contribution in [2.24, 2.45) is 11.6 Å². The van der Waals surface area contributed by atoms with Crippen LogP contribution in [0.4, 0.5) is 21.7 Å². The van der Waals surface area contributed by atoms with Gasteiger partial charge in [0.2, 0.25) is 5.91 Å². The third-order valence-electron chi connectivity index (χ3n) is 3.29. The van der Waals surface area contributed by atoms with E-state index in [9.17, 15) is 14.0 Å². The standard InChI is InChI=1S/C15H18FN7O3/c16-9-2-1-7(15(25)21-5-12(18)24)3-8(9)6-26-10-4-11(17)22-14(23-20)13(10)19/h1-4H,5-6,19-20H2,(H2,18,24)(H,21,25)(H3,17,22,23). The van der Waals surface area contributed by atoms with Crippen LogP contribution in [0.15, 0.2) is 24.3 Å². The summed E-state index contributed by atoms with van der Waals surface area (Å²) in [5.41, 5.74) is 19.0.